The lowest BCUT2D eigenvalue weighted by Crippen LogP contribution is -2.31. The number of aliphatic hydroxyl groups is 1. The minimum atomic E-state index is -0.324. The summed E-state index contributed by atoms with van der Waals surface area (Å²) in [5, 5.41) is 12.5. The molecule has 1 amide bonds. The molecule has 1 unspecified atom stereocenters. The molecule has 144 valence electrons. The molecule has 0 aliphatic rings. The van der Waals surface area contributed by atoms with Gasteiger partial charge in [-0.1, -0.05) is 91.0 Å². The Morgan fingerprint density at radius 3 is 1.64 bits per heavy atom. The maximum absolute atomic E-state index is 13.1. The van der Waals surface area contributed by atoms with Gasteiger partial charge in [0, 0.05) is 13.2 Å². The van der Waals surface area contributed by atoms with Crippen molar-refractivity contribution in [1.82, 2.24) is 5.32 Å². The van der Waals surface area contributed by atoms with Gasteiger partial charge in [0.2, 0.25) is 5.91 Å². The molecule has 0 saturated heterocycles. The van der Waals surface area contributed by atoms with Crippen LogP contribution in [0.4, 0.5) is 0 Å². The summed E-state index contributed by atoms with van der Waals surface area (Å²) in [5.74, 6) is -0.0815. The zero-order valence-electron chi connectivity index (χ0n) is 16.0. The molecule has 0 bridgehead atoms. The van der Waals surface area contributed by atoms with E-state index in [2.05, 4.69) is 17.4 Å². The summed E-state index contributed by atoms with van der Waals surface area (Å²) in [4.78, 5) is 13.1. The maximum atomic E-state index is 13.1. The number of carbonyl (C=O) groups excluding carboxylic acids is 1. The summed E-state index contributed by atoms with van der Waals surface area (Å²) in [6, 6.07) is 29.9. The number of carbonyl (C=O) groups is 1. The first-order valence-electron chi connectivity index (χ1n) is 9.83. The summed E-state index contributed by atoms with van der Waals surface area (Å²) in [6.45, 7) is 0.721. The van der Waals surface area contributed by atoms with E-state index in [0.29, 0.717) is 13.0 Å². The molecule has 3 heteroatoms. The number of nitrogens with one attached hydrogen (secondary N) is 1. The monoisotopic (exact) mass is 373 g/mol. The van der Waals surface area contributed by atoms with Crippen LogP contribution in [0.2, 0.25) is 0 Å². The van der Waals surface area contributed by atoms with Crippen molar-refractivity contribution in [1.29, 1.82) is 0 Å². The van der Waals surface area contributed by atoms with Gasteiger partial charge in [0.25, 0.3) is 0 Å². The Kier molecular flexibility index (Phi) is 7.39. The molecule has 1 atom stereocenters. The highest BCUT2D eigenvalue weighted by Crippen LogP contribution is 2.26. The summed E-state index contributed by atoms with van der Waals surface area (Å²) < 4.78 is 0. The van der Waals surface area contributed by atoms with Crippen LogP contribution < -0.4 is 5.32 Å². The van der Waals surface area contributed by atoms with E-state index in [1.165, 1.54) is 5.56 Å². The van der Waals surface area contributed by atoms with Crippen molar-refractivity contribution in [2.75, 3.05) is 13.2 Å². The van der Waals surface area contributed by atoms with Crippen LogP contribution >= 0.6 is 0 Å². The Labute approximate surface area is 167 Å². The Bertz CT molecular complexity index is 795. The maximum Gasteiger partial charge on any atom is 0.232 e. The normalized spacial score (nSPS) is 11.9. The third-order valence-electron chi connectivity index (χ3n) is 5.07. The molecule has 3 aromatic carbocycles. The van der Waals surface area contributed by atoms with Crippen LogP contribution in [0.25, 0.3) is 0 Å². The topological polar surface area (TPSA) is 49.3 Å². The predicted octanol–water partition coefficient (Wildman–Crippen LogP) is 4.49. The Hall–Kier alpha value is -2.91. The summed E-state index contributed by atoms with van der Waals surface area (Å²) in [5.41, 5.74) is 3.18. The van der Waals surface area contributed by atoms with Crippen LogP contribution in [0.5, 0.6) is 0 Å². The van der Waals surface area contributed by atoms with Gasteiger partial charge in [-0.3, -0.25) is 4.79 Å². The first kappa shape index (κ1) is 19.8. The third kappa shape index (κ3) is 5.30. The Morgan fingerprint density at radius 1 is 0.714 bits per heavy atom. The first-order valence-corrected chi connectivity index (χ1v) is 9.83. The quantitative estimate of drug-likeness (QED) is 0.580. The van der Waals surface area contributed by atoms with Crippen molar-refractivity contribution in [3.63, 3.8) is 0 Å². The van der Waals surface area contributed by atoms with Crippen molar-refractivity contribution in [3.05, 3.63) is 108 Å². The molecule has 0 heterocycles. The van der Waals surface area contributed by atoms with E-state index in [9.17, 15) is 9.90 Å². The standard InChI is InChI=1S/C25H27NO2/c27-19-17-21(20-10-4-1-5-11-20)16-18-26-25(28)24(22-12-6-2-7-13-22)23-14-8-3-9-15-23/h1-15,21,24,27H,16-19H2,(H,26,28). The average Bonchev–Trinajstić information content (AvgIpc) is 2.75. The SMILES string of the molecule is O=C(NCCC(CCO)c1ccccc1)C(c1ccccc1)c1ccccc1. The van der Waals surface area contributed by atoms with E-state index in [4.69, 9.17) is 0 Å². The van der Waals surface area contributed by atoms with Gasteiger partial charge < -0.3 is 10.4 Å². The molecular formula is C25H27NO2. The number of amides is 1. The van der Waals surface area contributed by atoms with Crippen LogP contribution in [-0.4, -0.2) is 24.2 Å². The fraction of sp³-hybridized carbons (Fsp3) is 0.240. The highest BCUT2D eigenvalue weighted by Gasteiger charge is 2.22. The highest BCUT2D eigenvalue weighted by molar-refractivity contribution is 5.87. The smallest absolute Gasteiger partial charge is 0.232 e. The molecule has 0 fully saturated rings. The largest absolute Gasteiger partial charge is 0.396 e. The zero-order chi connectivity index (χ0) is 19.6. The van der Waals surface area contributed by atoms with Crippen LogP contribution in [0.1, 0.15) is 41.4 Å². The molecule has 3 rings (SSSR count). The number of rotatable bonds is 9. The van der Waals surface area contributed by atoms with Gasteiger partial charge in [-0.2, -0.15) is 0 Å². The van der Waals surface area contributed by atoms with E-state index in [-0.39, 0.29) is 24.3 Å². The molecule has 2 N–H and O–H groups in total. The van der Waals surface area contributed by atoms with Crippen molar-refractivity contribution >= 4 is 5.91 Å². The number of hydrogen-bond donors (Lipinski definition) is 2. The fourth-order valence-corrected chi connectivity index (χ4v) is 3.62. The fourth-order valence-electron chi connectivity index (χ4n) is 3.62. The molecule has 3 aromatic rings. The Morgan fingerprint density at radius 2 is 1.18 bits per heavy atom. The number of aliphatic hydroxyl groups excluding tert-OH is 1. The summed E-state index contributed by atoms with van der Waals surface area (Å²) in [6.07, 6.45) is 1.49. The predicted molar refractivity (Wildman–Crippen MR) is 113 cm³/mol. The average molecular weight is 373 g/mol. The van der Waals surface area contributed by atoms with Gasteiger partial charge in [0.15, 0.2) is 0 Å². The second-order valence-corrected chi connectivity index (χ2v) is 6.95. The molecule has 0 spiro atoms. The summed E-state index contributed by atoms with van der Waals surface area (Å²) >= 11 is 0. The van der Waals surface area contributed by atoms with Crippen LogP contribution in [0.3, 0.4) is 0 Å². The number of benzene rings is 3. The minimum absolute atomic E-state index is 0.00760. The van der Waals surface area contributed by atoms with Gasteiger partial charge in [0.1, 0.15) is 0 Å². The lowest BCUT2D eigenvalue weighted by atomic mass is 9.90. The molecule has 0 saturated carbocycles. The molecular weight excluding hydrogens is 346 g/mol. The second-order valence-electron chi connectivity index (χ2n) is 6.95. The van der Waals surface area contributed by atoms with Crippen LogP contribution in [0, 0.1) is 0 Å². The molecule has 0 aliphatic heterocycles. The lowest BCUT2D eigenvalue weighted by Gasteiger charge is -2.20. The highest BCUT2D eigenvalue weighted by atomic mass is 16.3. The molecule has 3 nitrogen and oxygen atoms in total. The van der Waals surface area contributed by atoms with Crippen LogP contribution in [0.15, 0.2) is 91.0 Å². The van der Waals surface area contributed by atoms with E-state index < -0.39 is 0 Å². The van der Waals surface area contributed by atoms with Crippen LogP contribution in [-0.2, 0) is 4.79 Å². The van der Waals surface area contributed by atoms with E-state index in [1.54, 1.807) is 0 Å². The van der Waals surface area contributed by atoms with E-state index in [1.807, 2.05) is 78.9 Å². The van der Waals surface area contributed by atoms with Crippen molar-refractivity contribution in [3.8, 4) is 0 Å². The zero-order valence-corrected chi connectivity index (χ0v) is 16.0. The second kappa shape index (κ2) is 10.4. The lowest BCUT2D eigenvalue weighted by molar-refractivity contribution is -0.121. The van der Waals surface area contributed by atoms with Gasteiger partial charge in [-0.05, 0) is 35.4 Å². The van der Waals surface area contributed by atoms with Crippen molar-refractivity contribution < 1.29 is 9.90 Å². The van der Waals surface area contributed by atoms with E-state index in [0.717, 1.165) is 17.5 Å². The van der Waals surface area contributed by atoms with Gasteiger partial charge in [0.05, 0.1) is 5.92 Å². The third-order valence-corrected chi connectivity index (χ3v) is 5.07. The van der Waals surface area contributed by atoms with Gasteiger partial charge in [-0.15, -0.1) is 0 Å². The molecule has 0 radical (unpaired) electrons. The van der Waals surface area contributed by atoms with Gasteiger partial charge >= 0.3 is 0 Å². The minimum Gasteiger partial charge on any atom is -0.396 e. The summed E-state index contributed by atoms with van der Waals surface area (Å²) in [7, 11) is 0. The first-order chi connectivity index (χ1) is 13.8. The number of hydrogen-bond acceptors (Lipinski definition) is 2. The van der Waals surface area contributed by atoms with Gasteiger partial charge in [-0.25, -0.2) is 0 Å². The van der Waals surface area contributed by atoms with Crippen molar-refractivity contribution in [2.24, 2.45) is 0 Å². The van der Waals surface area contributed by atoms with E-state index >= 15 is 0 Å². The Balaban J connectivity index is 1.68. The molecule has 0 aliphatic carbocycles. The molecule has 28 heavy (non-hydrogen) atoms. The molecule has 0 aromatic heterocycles. The van der Waals surface area contributed by atoms with Crippen molar-refractivity contribution in [2.45, 2.75) is 24.7 Å².